The number of carboxylic acid groups (broad SMARTS) is 1. The largest absolute Gasteiger partial charge is 0.480 e. The Hall–Kier alpha value is -2.14. The van der Waals surface area contributed by atoms with Gasteiger partial charge in [-0.2, -0.15) is 0 Å². The van der Waals surface area contributed by atoms with Crippen LogP contribution >= 0.6 is 0 Å². The summed E-state index contributed by atoms with van der Waals surface area (Å²) in [4.78, 5) is 23.1. The monoisotopic (exact) mass is 274 g/mol. The summed E-state index contributed by atoms with van der Waals surface area (Å²) in [7, 11) is 1.92. The van der Waals surface area contributed by atoms with Gasteiger partial charge in [0.1, 0.15) is 6.04 Å². The smallest absolute Gasteiger partial charge is 0.320 e. The van der Waals surface area contributed by atoms with Crippen LogP contribution in [0.25, 0.3) is 10.9 Å². The molecule has 0 spiro atoms. The molecular weight excluding hydrogens is 256 g/mol. The molecule has 1 atom stereocenters. The maximum atomic E-state index is 12.4. The van der Waals surface area contributed by atoms with Gasteiger partial charge in [-0.25, -0.2) is 0 Å². The fourth-order valence-corrected chi connectivity index (χ4v) is 2.29. The van der Waals surface area contributed by atoms with Gasteiger partial charge >= 0.3 is 5.97 Å². The van der Waals surface area contributed by atoms with E-state index in [2.05, 4.69) is 5.32 Å². The predicted octanol–water partition coefficient (Wildman–Crippen LogP) is 1.73. The molecule has 0 aliphatic rings. The van der Waals surface area contributed by atoms with Gasteiger partial charge in [-0.15, -0.1) is 0 Å². The standard InChI is InChI=1S/C15H18N2O3/c1-9(15(19)20)16-8-13(18)14-10(2)17(3)12-7-5-4-6-11(12)14/h4-7,9,16H,8H2,1-3H3,(H,19,20). The van der Waals surface area contributed by atoms with Crippen LogP contribution in [0.5, 0.6) is 0 Å². The van der Waals surface area contributed by atoms with Crippen LogP contribution in [0.3, 0.4) is 0 Å². The number of carboxylic acids is 1. The van der Waals surface area contributed by atoms with Crippen molar-refractivity contribution in [2.75, 3.05) is 6.54 Å². The van der Waals surface area contributed by atoms with Crippen LogP contribution in [0.2, 0.25) is 0 Å². The molecule has 1 aromatic carbocycles. The first kappa shape index (κ1) is 14.3. The number of aliphatic carboxylic acids is 1. The molecule has 0 saturated heterocycles. The molecule has 5 nitrogen and oxygen atoms in total. The van der Waals surface area contributed by atoms with Gasteiger partial charge in [0.05, 0.1) is 6.54 Å². The Morgan fingerprint density at radius 1 is 1.35 bits per heavy atom. The number of carbonyl (C=O) groups excluding carboxylic acids is 1. The van der Waals surface area contributed by atoms with E-state index in [1.807, 2.05) is 42.8 Å². The molecule has 0 amide bonds. The van der Waals surface area contributed by atoms with E-state index in [0.29, 0.717) is 5.56 Å². The van der Waals surface area contributed by atoms with Crippen molar-refractivity contribution in [3.8, 4) is 0 Å². The van der Waals surface area contributed by atoms with Crippen LogP contribution < -0.4 is 5.32 Å². The Bertz CT molecular complexity index is 673. The first-order valence-corrected chi connectivity index (χ1v) is 6.47. The number of carbonyl (C=O) groups is 2. The van der Waals surface area contributed by atoms with E-state index in [-0.39, 0.29) is 12.3 Å². The topological polar surface area (TPSA) is 71.3 Å². The number of benzene rings is 1. The predicted molar refractivity (Wildman–Crippen MR) is 77.1 cm³/mol. The maximum Gasteiger partial charge on any atom is 0.320 e. The lowest BCUT2D eigenvalue weighted by Gasteiger charge is -2.08. The first-order valence-electron chi connectivity index (χ1n) is 6.47. The van der Waals surface area contributed by atoms with Crippen molar-refractivity contribution in [3.05, 3.63) is 35.5 Å². The normalized spacial score (nSPS) is 12.6. The van der Waals surface area contributed by atoms with Crippen molar-refractivity contribution in [3.63, 3.8) is 0 Å². The average molecular weight is 274 g/mol. The zero-order chi connectivity index (χ0) is 14.9. The molecule has 0 aliphatic carbocycles. The highest BCUT2D eigenvalue weighted by molar-refractivity contribution is 6.10. The Balaban J connectivity index is 2.31. The first-order chi connectivity index (χ1) is 9.43. The number of hydrogen-bond acceptors (Lipinski definition) is 3. The number of fused-ring (bicyclic) bond motifs is 1. The third kappa shape index (κ3) is 2.44. The Morgan fingerprint density at radius 3 is 2.65 bits per heavy atom. The molecule has 2 N–H and O–H groups in total. The van der Waals surface area contributed by atoms with Gasteiger partial charge in [0.25, 0.3) is 0 Å². The van der Waals surface area contributed by atoms with Crippen molar-refractivity contribution in [1.29, 1.82) is 0 Å². The summed E-state index contributed by atoms with van der Waals surface area (Å²) >= 11 is 0. The summed E-state index contributed by atoms with van der Waals surface area (Å²) in [5, 5.41) is 12.4. The minimum Gasteiger partial charge on any atom is -0.480 e. The van der Waals surface area contributed by atoms with Gasteiger partial charge in [-0.3, -0.25) is 14.9 Å². The SMILES string of the molecule is Cc1c(C(=O)CNC(C)C(=O)O)c2ccccc2n1C. The number of Topliss-reactive ketones (excluding diaryl/α,β-unsaturated/α-hetero) is 1. The molecule has 0 saturated carbocycles. The Kier molecular flexibility index (Phi) is 3.90. The minimum atomic E-state index is -0.965. The lowest BCUT2D eigenvalue weighted by molar-refractivity contribution is -0.138. The third-order valence-corrected chi connectivity index (χ3v) is 3.62. The molecular formula is C15H18N2O3. The second kappa shape index (κ2) is 5.46. The van der Waals surface area contributed by atoms with Crippen LogP contribution in [-0.4, -0.2) is 34.0 Å². The van der Waals surface area contributed by atoms with Crippen LogP contribution in [0.4, 0.5) is 0 Å². The van der Waals surface area contributed by atoms with Gasteiger partial charge in [0.15, 0.2) is 5.78 Å². The molecule has 106 valence electrons. The molecule has 20 heavy (non-hydrogen) atoms. The van der Waals surface area contributed by atoms with Crippen LogP contribution in [-0.2, 0) is 11.8 Å². The molecule has 1 unspecified atom stereocenters. The quantitative estimate of drug-likeness (QED) is 0.815. The second-order valence-electron chi connectivity index (χ2n) is 4.90. The van der Waals surface area contributed by atoms with Crippen LogP contribution in [0, 0.1) is 6.92 Å². The molecule has 1 aromatic heterocycles. The molecule has 2 rings (SSSR count). The molecule has 2 aromatic rings. The summed E-state index contributed by atoms with van der Waals surface area (Å²) in [5.41, 5.74) is 2.55. The van der Waals surface area contributed by atoms with Gasteiger partial charge in [-0.05, 0) is 19.9 Å². The van der Waals surface area contributed by atoms with E-state index in [4.69, 9.17) is 5.11 Å². The highest BCUT2D eigenvalue weighted by Crippen LogP contribution is 2.24. The van der Waals surface area contributed by atoms with Gasteiger partial charge in [0.2, 0.25) is 0 Å². The number of nitrogens with zero attached hydrogens (tertiary/aromatic N) is 1. The number of nitrogens with one attached hydrogen (secondary N) is 1. The average Bonchev–Trinajstić information content (AvgIpc) is 2.68. The highest BCUT2D eigenvalue weighted by Gasteiger charge is 2.19. The van der Waals surface area contributed by atoms with Crippen LogP contribution in [0.1, 0.15) is 23.0 Å². The Labute approximate surface area is 117 Å². The summed E-state index contributed by atoms with van der Waals surface area (Å²) in [5.74, 6) is -1.06. The maximum absolute atomic E-state index is 12.4. The second-order valence-corrected chi connectivity index (χ2v) is 4.90. The summed E-state index contributed by atoms with van der Waals surface area (Å²) in [6.45, 7) is 3.43. The zero-order valence-corrected chi connectivity index (χ0v) is 11.8. The minimum absolute atomic E-state index is 0.0162. The molecule has 0 fully saturated rings. The molecule has 0 aliphatic heterocycles. The molecule has 1 heterocycles. The summed E-state index contributed by atoms with van der Waals surface area (Å²) in [6.07, 6.45) is 0. The summed E-state index contributed by atoms with van der Waals surface area (Å²) in [6, 6.07) is 6.96. The van der Waals surface area contributed by atoms with Crippen LogP contribution in [0.15, 0.2) is 24.3 Å². The van der Waals surface area contributed by atoms with Gasteiger partial charge < -0.3 is 9.67 Å². The van der Waals surface area contributed by atoms with Crippen molar-refractivity contribution < 1.29 is 14.7 Å². The molecule has 0 bridgehead atoms. The van der Waals surface area contributed by atoms with E-state index in [1.54, 1.807) is 0 Å². The highest BCUT2D eigenvalue weighted by atomic mass is 16.4. The van der Waals surface area contributed by atoms with Crippen molar-refractivity contribution in [2.45, 2.75) is 19.9 Å². The van der Waals surface area contributed by atoms with E-state index in [9.17, 15) is 9.59 Å². The fourth-order valence-electron chi connectivity index (χ4n) is 2.29. The van der Waals surface area contributed by atoms with E-state index in [0.717, 1.165) is 16.6 Å². The number of aromatic nitrogens is 1. The number of rotatable bonds is 5. The van der Waals surface area contributed by atoms with Crippen molar-refractivity contribution >= 4 is 22.7 Å². The van der Waals surface area contributed by atoms with Gasteiger partial charge in [-0.1, -0.05) is 18.2 Å². The Morgan fingerprint density at radius 2 is 2.00 bits per heavy atom. The lowest BCUT2D eigenvalue weighted by atomic mass is 10.1. The number of ketones is 1. The number of para-hydroxylation sites is 1. The van der Waals surface area contributed by atoms with E-state index in [1.165, 1.54) is 6.92 Å². The van der Waals surface area contributed by atoms with Gasteiger partial charge in [0, 0.05) is 29.2 Å². The van der Waals surface area contributed by atoms with Crippen molar-refractivity contribution in [2.24, 2.45) is 7.05 Å². The summed E-state index contributed by atoms with van der Waals surface area (Å²) < 4.78 is 1.98. The third-order valence-electron chi connectivity index (χ3n) is 3.62. The zero-order valence-electron chi connectivity index (χ0n) is 11.8. The van der Waals surface area contributed by atoms with E-state index >= 15 is 0 Å². The lowest BCUT2D eigenvalue weighted by Crippen LogP contribution is -2.37. The molecule has 5 heteroatoms. The number of aryl methyl sites for hydroxylation is 1. The van der Waals surface area contributed by atoms with E-state index < -0.39 is 12.0 Å². The number of hydrogen-bond donors (Lipinski definition) is 2. The molecule has 0 radical (unpaired) electrons. The fraction of sp³-hybridized carbons (Fsp3) is 0.333. The van der Waals surface area contributed by atoms with Crippen molar-refractivity contribution in [1.82, 2.24) is 9.88 Å².